The average molecular weight is 362 g/mol. The summed E-state index contributed by atoms with van der Waals surface area (Å²) in [5, 5.41) is 2.78. The molecule has 7 heteroatoms. The number of hydrogen-bond donors (Lipinski definition) is 1. The van der Waals surface area contributed by atoms with Crippen molar-refractivity contribution in [2.45, 2.75) is 6.42 Å². The van der Waals surface area contributed by atoms with Gasteiger partial charge in [0.1, 0.15) is 5.82 Å². The standard InChI is InChI=1S/C19H17F3N2O2/c20-15-4-1-12(2-5-15)7-8-23-18(25)14-10-24(11-14)19(26)13-3-6-16(21)17(22)9-13/h1-6,9,14H,7-8,10-11H2,(H,23,25). The zero-order valence-electron chi connectivity index (χ0n) is 13.8. The van der Waals surface area contributed by atoms with Crippen molar-refractivity contribution in [3.8, 4) is 0 Å². The number of nitrogens with one attached hydrogen (secondary N) is 1. The molecule has 1 saturated heterocycles. The van der Waals surface area contributed by atoms with Crippen LogP contribution in [-0.4, -0.2) is 36.3 Å². The molecule has 0 saturated carbocycles. The molecule has 1 N–H and O–H groups in total. The smallest absolute Gasteiger partial charge is 0.254 e. The second-order valence-electron chi connectivity index (χ2n) is 6.20. The molecule has 0 atom stereocenters. The minimum Gasteiger partial charge on any atom is -0.355 e. The molecule has 26 heavy (non-hydrogen) atoms. The van der Waals surface area contributed by atoms with Gasteiger partial charge in [0.15, 0.2) is 11.6 Å². The lowest BCUT2D eigenvalue weighted by Gasteiger charge is -2.38. The Hall–Kier alpha value is -2.83. The maximum Gasteiger partial charge on any atom is 0.254 e. The minimum absolute atomic E-state index is 0.0547. The number of likely N-dealkylation sites (tertiary alicyclic amines) is 1. The van der Waals surface area contributed by atoms with Crippen molar-refractivity contribution in [2.75, 3.05) is 19.6 Å². The van der Waals surface area contributed by atoms with Crippen molar-refractivity contribution < 1.29 is 22.8 Å². The number of carbonyl (C=O) groups excluding carboxylic acids is 2. The average Bonchev–Trinajstić information content (AvgIpc) is 2.57. The summed E-state index contributed by atoms with van der Waals surface area (Å²) in [6.45, 7) is 0.887. The Morgan fingerprint density at radius 3 is 2.35 bits per heavy atom. The summed E-state index contributed by atoms with van der Waals surface area (Å²) in [5.74, 6) is -3.31. The molecule has 2 aromatic carbocycles. The van der Waals surface area contributed by atoms with Gasteiger partial charge in [-0.15, -0.1) is 0 Å². The summed E-state index contributed by atoms with van der Waals surface area (Å²) in [4.78, 5) is 25.6. The highest BCUT2D eigenvalue weighted by atomic mass is 19.2. The summed E-state index contributed by atoms with van der Waals surface area (Å²) >= 11 is 0. The molecule has 2 aromatic rings. The van der Waals surface area contributed by atoms with Gasteiger partial charge >= 0.3 is 0 Å². The van der Waals surface area contributed by atoms with Gasteiger partial charge in [-0.1, -0.05) is 12.1 Å². The lowest BCUT2D eigenvalue weighted by molar-refractivity contribution is -0.128. The fourth-order valence-corrected chi connectivity index (χ4v) is 2.75. The Kier molecular flexibility index (Phi) is 5.25. The lowest BCUT2D eigenvalue weighted by atomic mass is 9.97. The normalized spacial score (nSPS) is 14.0. The molecule has 1 aliphatic heterocycles. The van der Waals surface area contributed by atoms with Crippen LogP contribution in [0.3, 0.4) is 0 Å². The van der Waals surface area contributed by atoms with Gasteiger partial charge in [-0.05, 0) is 42.3 Å². The summed E-state index contributed by atoms with van der Waals surface area (Å²) in [5.41, 5.74) is 0.967. The maximum atomic E-state index is 13.2. The highest BCUT2D eigenvalue weighted by molar-refractivity contribution is 5.96. The van der Waals surface area contributed by atoms with E-state index in [0.717, 1.165) is 17.7 Å². The molecule has 0 bridgehead atoms. The van der Waals surface area contributed by atoms with E-state index in [2.05, 4.69) is 5.32 Å². The monoisotopic (exact) mass is 362 g/mol. The molecule has 1 fully saturated rings. The zero-order valence-corrected chi connectivity index (χ0v) is 13.8. The van der Waals surface area contributed by atoms with E-state index in [4.69, 9.17) is 0 Å². The Morgan fingerprint density at radius 1 is 1.00 bits per heavy atom. The van der Waals surface area contributed by atoms with E-state index in [1.165, 1.54) is 23.1 Å². The predicted octanol–water partition coefficient (Wildman–Crippen LogP) is 2.53. The third-order valence-electron chi connectivity index (χ3n) is 4.33. The van der Waals surface area contributed by atoms with Gasteiger partial charge in [-0.2, -0.15) is 0 Å². The van der Waals surface area contributed by atoms with Crippen LogP contribution in [0.1, 0.15) is 15.9 Å². The highest BCUT2D eigenvalue weighted by Crippen LogP contribution is 2.20. The molecule has 2 amide bonds. The van der Waals surface area contributed by atoms with Crippen LogP contribution in [0, 0.1) is 23.4 Å². The van der Waals surface area contributed by atoms with Crippen molar-refractivity contribution in [2.24, 2.45) is 5.92 Å². The summed E-state index contributed by atoms with van der Waals surface area (Å²) < 4.78 is 38.9. The second-order valence-corrected chi connectivity index (χ2v) is 6.20. The van der Waals surface area contributed by atoms with E-state index in [0.29, 0.717) is 13.0 Å². The first-order chi connectivity index (χ1) is 12.4. The molecule has 0 unspecified atom stereocenters. The first-order valence-corrected chi connectivity index (χ1v) is 8.20. The van der Waals surface area contributed by atoms with Gasteiger partial charge in [0, 0.05) is 25.2 Å². The van der Waals surface area contributed by atoms with Gasteiger partial charge in [0.05, 0.1) is 5.92 Å². The maximum absolute atomic E-state index is 13.2. The highest BCUT2D eigenvalue weighted by Gasteiger charge is 2.36. The third-order valence-corrected chi connectivity index (χ3v) is 4.33. The quantitative estimate of drug-likeness (QED) is 0.889. The Bertz CT molecular complexity index is 818. The van der Waals surface area contributed by atoms with Gasteiger partial charge in [-0.3, -0.25) is 9.59 Å². The van der Waals surface area contributed by atoms with Crippen molar-refractivity contribution >= 4 is 11.8 Å². The fraction of sp³-hybridized carbons (Fsp3) is 0.263. The van der Waals surface area contributed by atoms with Gasteiger partial charge < -0.3 is 10.2 Å². The van der Waals surface area contributed by atoms with Crippen LogP contribution in [0.5, 0.6) is 0 Å². The Labute approximate surface area is 148 Å². The van der Waals surface area contributed by atoms with Gasteiger partial charge in [0.25, 0.3) is 5.91 Å². The number of amides is 2. The van der Waals surface area contributed by atoms with E-state index in [9.17, 15) is 22.8 Å². The summed E-state index contributed by atoms with van der Waals surface area (Å²) in [7, 11) is 0. The molecule has 3 rings (SSSR count). The largest absolute Gasteiger partial charge is 0.355 e. The van der Waals surface area contributed by atoms with Crippen molar-refractivity contribution in [1.29, 1.82) is 0 Å². The van der Waals surface area contributed by atoms with Gasteiger partial charge in [-0.25, -0.2) is 13.2 Å². The molecule has 1 heterocycles. The molecule has 0 aliphatic carbocycles. The molecule has 4 nitrogen and oxygen atoms in total. The first kappa shape index (κ1) is 18.0. The topological polar surface area (TPSA) is 49.4 Å². The molecular weight excluding hydrogens is 345 g/mol. The van der Waals surface area contributed by atoms with E-state index in [1.807, 2.05) is 0 Å². The number of rotatable bonds is 5. The molecule has 0 aromatic heterocycles. The number of carbonyl (C=O) groups is 2. The van der Waals surface area contributed by atoms with E-state index < -0.39 is 17.5 Å². The van der Waals surface area contributed by atoms with Gasteiger partial charge in [0.2, 0.25) is 5.91 Å². The van der Waals surface area contributed by atoms with Crippen LogP contribution < -0.4 is 5.32 Å². The lowest BCUT2D eigenvalue weighted by Crippen LogP contribution is -2.55. The SMILES string of the molecule is O=C(NCCc1ccc(F)cc1)C1CN(C(=O)c2ccc(F)c(F)c2)C1. The van der Waals surface area contributed by atoms with E-state index >= 15 is 0 Å². The minimum atomic E-state index is -1.08. The van der Waals surface area contributed by atoms with Crippen molar-refractivity contribution in [1.82, 2.24) is 10.2 Å². The molecular formula is C19H17F3N2O2. The van der Waals surface area contributed by atoms with Crippen LogP contribution in [0.15, 0.2) is 42.5 Å². The molecule has 0 spiro atoms. The van der Waals surface area contributed by atoms with E-state index in [1.54, 1.807) is 12.1 Å². The van der Waals surface area contributed by atoms with Crippen molar-refractivity contribution in [3.63, 3.8) is 0 Å². The first-order valence-electron chi connectivity index (χ1n) is 8.20. The number of hydrogen-bond acceptors (Lipinski definition) is 2. The van der Waals surface area contributed by atoms with Crippen LogP contribution in [0.4, 0.5) is 13.2 Å². The van der Waals surface area contributed by atoms with E-state index in [-0.39, 0.29) is 36.3 Å². The second kappa shape index (κ2) is 7.59. The zero-order chi connectivity index (χ0) is 18.7. The molecule has 136 valence electrons. The van der Waals surface area contributed by atoms with Crippen LogP contribution >= 0.6 is 0 Å². The third kappa shape index (κ3) is 4.04. The fourth-order valence-electron chi connectivity index (χ4n) is 2.75. The van der Waals surface area contributed by atoms with Crippen molar-refractivity contribution in [3.05, 3.63) is 71.0 Å². The number of halogens is 3. The number of benzene rings is 2. The number of nitrogens with zero attached hydrogens (tertiary/aromatic N) is 1. The van der Waals surface area contributed by atoms with Crippen LogP contribution in [-0.2, 0) is 11.2 Å². The summed E-state index contributed by atoms with van der Waals surface area (Å²) in [6.07, 6.45) is 0.580. The Morgan fingerprint density at radius 2 is 1.69 bits per heavy atom. The molecule has 1 aliphatic rings. The predicted molar refractivity (Wildman–Crippen MR) is 88.9 cm³/mol. The Balaban J connectivity index is 1.43. The molecule has 0 radical (unpaired) electrons. The summed E-state index contributed by atoms with van der Waals surface area (Å²) in [6, 6.07) is 9.03. The van der Waals surface area contributed by atoms with Crippen LogP contribution in [0.2, 0.25) is 0 Å². The van der Waals surface area contributed by atoms with Crippen LogP contribution in [0.25, 0.3) is 0 Å².